The van der Waals surface area contributed by atoms with E-state index in [1.54, 1.807) is 0 Å². The van der Waals surface area contributed by atoms with Crippen molar-refractivity contribution in [2.24, 2.45) is 15.9 Å². The Kier molecular flexibility index (Phi) is 3.80. The van der Waals surface area contributed by atoms with Gasteiger partial charge in [0.2, 0.25) is 0 Å². The van der Waals surface area contributed by atoms with Gasteiger partial charge in [0.15, 0.2) is 0 Å². The summed E-state index contributed by atoms with van der Waals surface area (Å²) >= 11 is 0. The Bertz CT molecular complexity index is 240. The fraction of sp³-hybridized carbons (Fsp3) is 0.600. The van der Waals surface area contributed by atoms with Crippen LogP contribution in [0.2, 0.25) is 0 Å². The monoisotopic (exact) mass is 197 g/mol. The van der Waals surface area contributed by atoms with Crippen LogP contribution in [0.15, 0.2) is 22.0 Å². The maximum atomic E-state index is 13.2. The van der Waals surface area contributed by atoms with Gasteiger partial charge < -0.3 is 4.90 Å². The van der Waals surface area contributed by atoms with E-state index in [1.165, 1.54) is 6.20 Å². The van der Waals surface area contributed by atoms with E-state index in [2.05, 4.69) is 23.4 Å². The molecule has 1 aliphatic heterocycles. The average Bonchev–Trinajstić information content (AvgIpc) is 2.12. The van der Waals surface area contributed by atoms with Crippen molar-refractivity contribution in [1.29, 1.82) is 0 Å². The molecule has 1 heterocycles. The summed E-state index contributed by atoms with van der Waals surface area (Å²) < 4.78 is 13.2. The fourth-order valence-electron chi connectivity index (χ4n) is 1.77. The highest BCUT2D eigenvalue weighted by Crippen LogP contribution is 2.22. The van der Waals surface area contributed by atoms with Gasteiger partial charge in [-0.25, -0.2) is 9.38 Å². The van der Waals surface area contributed by atoms with E-state index in [1.807, 2.05) is 11.8 Å². The van der Waals surface area contributed by atoms with Gasteiger partial charge in [-0.15, -0.1) is 0 Å². The van der Waals surface area contributed by atoms with Crippen molar-refractivity contribution >= 4 is 13.4 Å². The Morgan fingerprint density at radius 1 is 1.50 bits per heavy atom. The molecule has 14 heavy (non-hydrogen) atoms. The molecule has 1 rings (SSSR count). The first kappa shape index (κ1) is 10.9. The molecule has 0 spiro atoms. The Morgan fingerprint density at radius 2 is 2.21 bits per heavy atom. The number of hydrogen-bond donors (Lipinski definition) is 0. The number of aliphatic imine (C=N–C) groups is 2. The van der Waals surface area contributed by atoms with Gasteiger partial charge in [-0.1, -0.05) is 6.92 Å². The van der Waals surface area contributed by atoms with E-state index < -0.39 is 6.17 Å². The summed E-state index contributed by atoms with van der Waals surface area (Å²) in [5, 5.41) is 0. The third kappa shape index (κ3) is 2.65. The van der Waals surface area contributed by atoms with Crippen molar-refractivity contribution in [3.8, 4) is 0 Å². The van der Waals surface area contributed by atoms with E-state index >= 15 is 0 Å². The van der Waals surface area contributed by atoms with Crippen molar-refractivity contribution < 1.29 is 4.39 Å². The summed E-state index contributed by atoms with van der Waals surface area (Å²) in [5.74, 6) is 0.947. The SMILES string of the molecule is C=N/C=C(\N=C)N1CC(C)CC(F)C1. The van der Waals surface area contributed by atoms with Gasteiger partial charge in [0, 0.05) is 6.54 Å². The highest BCUT2D eigenvalue weighted by molar-refractivity contribution is 5.31. The summed E-state index contributed by atoms with van der Waals surface area (Å²) in [4.78, 5) is 9.29. The zero-order valence-electron chi connectivity index (χ0n) is 8.49. The molecule has 2 atom stereocenters. The average molecular weight is 197 g/mol. The lowest BCUT2D eigenvalue weighted by atomic mass is 9.99. The summed E-state index contributed by atoms with van der Waals surface area (Å²) in [6.07, 6.45) is 1.36. The Labute approximate surface area is 84.0 Å². The predicted octanol–water partition coefficient (Wildman–Crippen LogP) is 1.87. The Morgan fingerprint density at radius 3 is 2.71 bits per heavy atom. The number of likely N-dealkylation sites (tertiary alicyclic amines) is 1. The van der Waals surface area contributed by atoms with Crippen molar-refractivity contribution in [1.82, 2.24) is 4.90 Å². The van der Waals surface area contributed by atoms with Gasteiger partial charge in [0.25, 0.3) is 0 Å². The van der Waals surface area contributed by atoms with E-state index in [0.29, 0.717) is 24.7 Å². The number of rotatable bonds is 3. The van der Waals surface area contributed by atoms with Gasteiger partial charge >= 0.3 is 0 Å². The van der Waals surface area contributed by atoms with E-state index in [4.69, 9.17) is 0 Å². The van der Waals surface area contributed by atoms with Crippen molar-refractivity contribution in [2.75, 3.05) is 13.1 Å². The summed E-state index contributed by atoms with van der Waals surface area (Å²) in [6.45, 7) is 10.00. The maximum Gasteiger partial charge on any atom is 0.146 e. The molecule has 0 aliphatic carbocycles. The number of halogens is 1. The molecule has 1 aliphatic rings. The molecule has 0 aromatic carbocycles. The fourth-order valence-corrected chi connectivity index (χ4v) is 1.77. The number of piperidine rings is 1. The number of hydrogen-bond acceptors (Lipinski definition) is 3. The quantitative estimate of drug-likeness (QED) is 0.635. The molecule has 1 fully saturated rings. The molecule has 0 radical (unpaired) electrons. The smallest absolute Gasteiger partial charge is 0.146 e. The topological polar surface area (TPSA) is 28.0 Å². The lowest BCUT2D eigenvalue weighted by Crippen LogP contribution is -2.39. The molecule has 1 saturated heterocycles. The zero-order valence-corrected chi connectivity index (χ0v) is 8.49. The van der Waals surface area contributed by atoms with Crippen molar-refractivity contribution in [3.05, 3.63) is 12.0 Å². The second-order valence-electron chi connectivity index (χ2n) is 3.67. The number of nitrogens with zero attached hydrogens (tertiary/aromatic N) is 3. The molecular formula is C10H16FN3. The van der Waals surface area contributed by atoms with E-state index in [0.717, 1.165) is 6.54 Å². The third-order valence-electron chi connectivity index (χ3n) is 2.30. The van der Waals surface area contributed by atoms with Crippen LogP contribution in [0.4, 0.5) is 4.39 Å². The van der Waals surface area contributed by atoms with Crippen molar-refractivity contribution in [3.63, 3.8) is 0 Å². The highest BCUT2D eigenvalue weighted by atomic mass is 19.1. The lowest BCUT2D eigenvalue weighted by molar-refractivity contribution is 0.129. The standard InChI is InChI=1S/C10H16FN3/c1-8-4-9(11)7-14(6-8)10(13-3)5-12-2/h5,8-9H,2-4,6-7H2,1H3/b10-5+. The summed E-state index contributed by atoms with van der Waals surface area (Å²) in [7, 11) is 0. The summed E-state index contributed by atoms with van der Waals surface area (Å²) in [6, 6.07) is 0. The summed E-state index contributed by atoms with van der Waals surface area (Å²) in [5.41, 5.74) is 0. The highest BCUT2D eigenvalue weighted by Gasteiger charge is 2.25. The van der Waals surface area contributed by atoms with E-state index in [-0.39, 0.29) is 0 Å². The first-order chi connectivity index (χ1) is 6.67. The Balaban J connectivity index is 2.70. The molecule has 0 bridgehead atoms. The molecule has 0 aromatic rings. The minimum absolute atomic E-state index is 0.341. The van der Waals surface area contributed by atoms with Crippen LogP contribution < -0.4 is 0 Å². The lowest BCUT2D eigenvalue weighted by Gasteiger charge is -2.34. The van der Waals surface area contributed by atoms with Crippen LogP contribution in [0.3, 0.4) is 0 Å². The van der Waals surface area contributed by atoms with Gasteiger partial charge in [-0.3, -0.25) is 4.99 Å². The van der Waals surface area contributed by atoms with Crippen LogP contribution in [0.5, 0.6) is 0 Å². The van der Waals surface area contributed by atoms with Gasteiger partial charge in [0.05, 0.1) is 12.7 Å². The molecule has 3 nitrogen and oxygen atoms in total. The van der Waals surface area contributed by atoms with Crippen LogP contribution >= 0.6 is 0 Å². The molecule has 0 N–H and O–H groups in total. The molecular weight excluding hydrogens is 181 g/mol. The normalized spacial score (nSPS) is 28.7. The van der Waals surface area contributed by atoms with E-state index in [9.17, 15) is 4.39 Å². The first-order valence-corrected chi connectivity index (χ1v) is 4.69. The second-order valence-corrected chi connectivity index (χ2v) is 3.67. The third-order valence-corrected chi connectivity index (χ3v) is 2.30. The van der Waals surface area contributed by atoms with Gasteiger partial charge in [-0.2, -0.15) is 0 Å². The second kappa shape index (κ2) is 4.88. The van der Waals surface area contributed by atoms with Crippen LogP contribution in [0, 0.1) is 5.92 Å². The van der Waals surface area contributed by atoms with Crippen LogP contribution in [0.1, 0.15) is 13.3 Å². The van der Waals surface area contributed by atoms with Crippen LogP contribution in [-0.2, 0) is 0 Å². The molecule has 0 amide bonds. The molecule has 0 aromatic heterocycles. The molecule has 2 unspecified atom stereocenters. The zero-order chi connectivity index (χ0) is 10.6. The van der Waals surface area contributed by atoms with Crippen LogP contribution in [-0.4, -0.2) is 37.6 Å². The molecule has 0 saturated carbocycles. The van der Waals surface area contributed by atoms with Crippen molar-refractivity contribution in [2.45, 2.75) is 19.5 Å². The minimum atomic E-state index is -0.784. The minimum Gasteiger partial charge on any atom is -0.352 e. The molecule has 4 heteroatoms. The first-order valence-electron chi connectivity index (χ1n) is 4.69. The Hall–Kier alpha value is -1.19. The van der Waals surface area contributed by atoms with Gasteiger partial charge in [0.1, 0.15) is 12.0 Å². The predicted molar refractivity (Wildman–Crippen MR) is 57.4 cm³/mol. The number of alkyl halides is 1. The van der Waals surface area contributed by atoms with Gasteiger partial charge in [-0.05, 0) is 25.8 Å². The van der Waals surface area contributed by atoms with Crippen LogP contribution in [0.25, 0.3) is 0 Å². The maximum absolute atomic E-state index is 13.2. The molecule has 78 valence electrons. The largest absolute Gasteiger partial charge is 0.352 e.